The van der Waals surface area contributed by atoms with E-state index in [2.05, 4.69) is 4.98 Å². The van der Waals surface area contributed by atoms with Crippen LogP contribution in [-0.4, -0.2) is 19.7 Å². The van der Waals surface area contributed by atoms with E-state index in [0.717, 1.165) is 15.6 Å². The maximum Gasteiger partial charge on any atom is 0.176 e. The van der Waals surface area contributed by atoms with Gasteiger partial charge < -0.3 is 0 Å². The average molecular weight is 313 g/mol. The van der Waals surface area contributed by atoms with Crippen LogP contribution in [0.4, 0.5) is 0 Å². The van der Waals surface area contributed by atoms with Crippen LogP contribution in [0.2, 0.25) is 0 Å². The summed E-state index contributed by atoms with van der Waals surface area (Å²) in [6.45, 7) is 4.04. The molecule has 0 bridgehead atoms. The van der Waals surface area contributed by atoms with Crippen LogP contribution < -0.4 is 0 Å². The van der Waals surface area contributed by atoms with Gasteiger partial charge in [-0.05, 0) is 26.0 Å². The van der Waals surface area contributed by atoms with Crippen LogP contribution in [0.15, 0.2) is 34.1 Å². The van der Waals surface area contributed by atoms with E-state index in [-0.39, 0.29) is 0 Å². The zero-order valence-electron chi connectivity index (χ0n) is 11.0. The van der Waals surface area contributed by atoms with Crippen molar-refractivity contribution in [2.24, 2.45) is 0 Å². The quantitative estimate of drug-likeness (QED) is 0.811. The number of thiazole rings is 1. The van der Waals surface area contributed by atoms with Gasteiger partial charge in [-0.1, -0.05) is 12.1 Å². The Kier molecular flexibility index (Phi) is 4.32. The second-order valence-electron chi connectivity index (χ2n) is 4.26. The Hall–Kier alpha value is -0.850. The third-order valence-corrected chi connectivity index (χ3v) is 6.30. The molecule has 0 aliphatic carbocycles. The standard InChI is InChI=1S/C13H15NO2S3/c1-9-10(2)18-13(14-9)8-17-11-6-4-5-7-12(11)19(3,15)16/h4-7H,8H2,1-3H3. The fourth-order valence-electron chi connectivity index (χ4n) is 1.62. The Morgan fingerprint density at radius 2 is 1.95 bits per heavy atom. The highest BCUT2D eigenvalue weighted by atomic mass is 32.2. The zero-order valence-corrected chi connectivity index (χ0v) is 13.5. The van der Waals surface area contributed by atoms with Crippen LogP contribution in [0.25, 0.3) is 0 Å². The molecule has 1 aromatic carbocycles. The molecule has 19 heavy (non-hydrogen) atoms. The summed E-state index contributed by atoms with van der Waals surface area (Å²) in [6.07, 6.45) is 1.24. The number of hydrogen-bond donors (Lipinski definition) is 0. The highest BCUT2D eigenvalue weighted by molar-refractivity contribution is 7.99. The zero-order chi connectivity index (χ0) is 14.0. The summed E-state index contributed by atoms with van der Waals surface area (Å²) in [4.78, 5) is 6.86. The molecule has 0 N–H and O–H groups in total. The van der Waals surface area contributed by atoms with Gasteiger partial charge in [-0.25, -0.2) is 13.4 Å². The molecule has 0 spiro atoms. The van der Waals surface area contributed by atoms with Crippen LogP contribution in [0.3, 0.4) is 0 Å². The highest BCUT2D eigenvalue weighted by Crippen LogP contribution is 2.30. The molecule has 102 valence electrons. The first-order valence-electron chi connectivity index (χ1n) is 5.72. The summed E-state index contributed by atoms with van der Waals surface area (Å²) < 4.78 is 23.4. The second kappa shape index (κ2) is 5.64. The Labute approximate surface area is 122 Å². The maximum atomic E-state index is 11.7. The van der Waals surface area contributed by atoms with E-state index in [1.165, 1.54) is 22.9 Å². The summed E-state index contributed by atoms with van der Waals surface area (Å²) in [5.74, 6) is 0.700. The molecule has 0 amide bonds. The smallest absolute Gasteiger partial charge is 0.176 e. The lowest BCUT2D eigenvalue weighted by molar-refractivity contribution is 0.600. The normalized spacial score (nSPS) is 11.7. The first kappa shape index (κ1) is 14.6. The molecule has 6 heteroatoms. The third-order valence-electron chi connectivity index (χ3n) is 2.67. The van der Waals surface area contributed by atoms with Gasteiger partial charge >= 0.3 is 0 Å². The van der Waals surface area contributed by atoms with Crippen molar-refractivity contribution in [1.29, 1.82) is 0 Å². The van der Waals surface area contributed by atoms with Crippen molar-refractivity contribution in [3.63, 3.8) is 0 Å². The van der Waals surface area contributed by atoms with Gasteiger partial charge in [-0.2, -0.15) is 0 Å². The van der Waals surface area contributed by atoms with E-state index in [0.29, 0.717) is 10.6 Å². The first-order chi connectivity index (χ1) is 8.88. The minimum atomic E-state index is -3.18. The average Bonchev–Trinajstić information content (AvgIpc) is 2.65. The molecule has 0 aliphatic rings. The van der Waals surface area contributed by atoms with Crippen molar-refractivity contribution >= 4 is 32.9 Å². The molecule has 0 saturated heterocycles. The summed E-state index contributed by atoms with van der Waals surface area (Å²) in [5.41, 5.74) is 1.05. The topological polar surface area (TPSA) is 47.0 Å². The summed E-state index contributed by atoms with van der Waals surface area (Å²) in [7, 11) is -3.18. The predicted octanol–water partition coefficient (Wildman–Crippen LogP) is 3.46. The van der Waals surface area contributed by atoms with Crippen molar-refractivity contribution in [1.82, 2.24) is 4.98 Å². The first-order valence-corrected chi connectivity index (χ1v) is 9.42. The molecule has 2 rings (SSSR count). The molecule has 1 heterocycles. The Bertz CT molecular complexity index is 670. The number of benzene rings is 1. The number of aryl methyl sites for hydroxylation is 2. The van der Waals surface area contributed by atoms with Crippen LogP contribution >= 0.6 is 23.1 Å². The number of rotatable bonds is 4. The predicted molar refractivity (Wildman–Crippen MR) is 80.7 cm³/mol. The van der Waals surface area contributed by atoms with Crippen LogP contribution in [0.5, 0.6) is 0 Å². The number of thioether (sulfide) groups is 1. The fourth-order valence-corrected chi connectivity index (χ4v) is 4.88. The minimum absolute atomic E-state index is 0.394. The van der Waals surface area contributed by atoms with E-state index < -0.39 is 9.84 Å². The van der Waals surface area contributed by atoms with Crippen molar-refractivity contribution in [2.75, 3.05) is 6.26 Å². The van der Waals surface area contributed by atoms with Crippen molar-refractivity contribution in [3.8, 4) is 0 Å². The van der Waals surface area contributed by atoms with Crippen molar-refractivity contribution in [3.05, 3.63) is 39.8 Å². The number of aromatic nitrogens is 1. The lowest BCUT2D eigenvalue weighted by Gasteiger charge is -2.05. The molecule has 0 fully saturated rings. The molecule has 3 nitrogen and oxygen atoms in total. The Morgan fingerprint density at radius 3 is 2.53 bits per heavy atom. The van der Waals surface area contributed by atoms with Crippen LogP contribution in [-0.2, 0) is 15.6 Å². The van der Waals surface area contributed by atoms with Crippen molar-refractivity contribution < 1.29 is 8.42 Å². The monoisotopic (exact) mass is 313 g/mol. The lowest BCUT2D eigenvalue weighted by Crippen LogP contribution is -1.98. The van der Waals surface area contributed by atoms with Gasteiger partial charge in [0.05, 0.1) is 16.3 Å². The maximum absolute atomic E-state index is 11.7. The second-order valence-corrected chi connectivity index (χ2v) is 8.55. The van der Waals surface area contributed by atoms with Gasteiger partial charge in [-0.15, -0.1) is 23.1 Å². The summed E-state index contributed by atoms with van der Waals surface area (Å²) in [5, 5.41) is 1.03. The molecule has 0 atom stereocenters. The molecular weight excluding hydrogens is 298 g/mol. The van der Waals surface area contributed by atoms with Gasteiger partial charge in [0.2, 0.25) is 0 Å². The molecule has 1 aromatic heterocycles. The molecule has 0 unspecified atom stereocenters. The third kappa shape index (κ3) is 3.58. The number of nitrogens with zero attached hydrogens (tertiary/aromatic N) is 1. The Balaban J connectivity index is 2.21. The minimum Gasteiger partial charge on any atom is -0.245 e. The van der Waals surface area contributed by atoms with Crippen LogP contribution in [0.1, 0.15) is 15.6 Å². The van der Waals surface area contributed by atoms with Gasteiger partial charge in [0.25, 0.3) is 0 Å². The van der Waals surface area contributed by atoms with E-state index in [4.69, 9.17) is 0 Å². The number of hydrogen-bond acceptors (Lipinski definition) is 5. The molecule has 0 radical (unpaired) electrons. The SMILES string of the molecule is Cc1nc(CSc2ccccc2S(C)(=O)=O)sc1C. The lowest BCUT2D eigenvalue weighted by atomic mass is 10.4. The molecular formula is C13H15NO2S3. The van der Waals surface area contributed by atoms with E-state index >= 15 is 0 Å². The summed E-state index contributed by atoms with van der Waals surface area (Å²) >= 11 is 3.18. The number of sulfone groups is 1. The van der Waals surface area contributed by atoms with Gasteiger partial charge in [0.15, 0.2) is 9.84 Å². The highest BCUT2D eigenvalue weighted by Gasteiger charge is 2.13. The molecule has 2 aromatic rings. The fraction of sp³-hybridized carbons (Fsp3) is 0.308. The Morgan fingerprint density at radius 1 is 1.26 bits per heavy atom. The van der Waals surface area contributed by atoms with Gasteiger partial charge in [0.1, 0.15) is 5.01 Å². The van der Waals surface area contributed by atoms with E-state index in [1.807, 2.05) is 26.0 Å². The van der Waals surface area contributed by atoms with Crippen molar-refractivity contribution in [2.45, 2.75) is 29.4 Å². The molecule has 0 aliphatic heterocycles. The summed E-state index contributed by atoms with van der Waals surface area (Å²) in [6, 6.07) is 7.10. The molecule has 0 saturated carbocycles. The van der Waals surface area contributed by atoms with Gasteiger partial charge in [0, 0.05) is 16.0 Å². The van der Waals surface area contributed by atoms with Gasteiger partial charge in [-0.3, -0.25) is 0 Å². The van der Waals surface area contributed by atoms with E-state index in [1.54, 1.807) is 23.5 Å². The van der Waals surface area contributed by atoms with E-state index in [9.17, 15) is 8.42 Å². The largest absolute Gasteiger partial charge is 0.245 e. The van der Waals surface area contributed by atoms with Crippen LogP contribution in [0, 0.1) is 13.8 Å².